The van der Waals surface area contributed by atoms with E-state index >= 15 is 0 Å². The molecule has 0 aliphatic carbocycles. The standard InChI is InChI=1S/C22H16ClNO4S/c1-24(13-14-6-9-16(23)10-7-14)22(26)15-8-11-18-20(12-15)29(27,28)19-5-3-2-4-17(19)21(18)25/h2-12H,13H2,1H3. The lowest BCUT2D eigenvalue weighted by Crippen LogP contribution is -2.27. The maximum Gasteiger partial charge on any atom is 0.253 e. The molecule has 4 rings (SSSR count). The molecule has 0 unspecified atom stereocenters. The third-order valence-corrected chi connectivity index (χ3v) is 6.97. The Bertz CT molecular complexity index is 1250. The molecule has 7 heteroatoms. The SMILES string of the molecule is CN(Cc1ccc(Cl)cc1)C(=O)c1ccc2c(c1)S(=O)(=O)c1ccccc1C2=O. The highest BCUT2D eigenvalue weighted by molar-refractivity contribution is 7.91. The lowest BCUT2D eigenvalue weighted by atomic mass is 10.0. The minimum Gasteiger partial charge on any atom is -0.337 e. The number of ketones is 1. The summed E-state index contributed by atoms with van der Waals surface area (Å²) < 4.78 is 26.0. The predicted molar refractivity (Wildman–Crippen MR) is 109 cm³/mol. The van der Waals surface area contributed by atoms with Gasteiger partial charge < -0.3 is 4.90 Å². The largest absolute Gasteiger partial charge is 0.337 e. The van der Waals surface area contributed by atoms with Gasteiger partial charge in [0.15, 0.2) is 5.78 Å². The van der Waals surface area contributed by atoms with Crippen molar-refractivity contribution in [2.45, 2.75) is 16.3 Å². The van der Waals surface area contributed by atoms with Gasteiger partial charge in [0.2, 0.25) is 9.84 Å². The zero-order valence-corrected chi connectivity index (χ0v) is 17.0. The average Bonchev–Trinajstić information content (AvgIpc) is 2.73. The first kappa shape index (κ1) is 19.4. The highest BCUT2D eigenvalue weighted by Crippen LogP contribution is 2.35. The van der Waals surface area contributed by atoms with Crippen LogP contribution in [0, 0.1) is 0 Å². The molecule has 0 radical (unpaired) electrons. The topological polar surface area (TPSA) is 71.5 Å². The van der Waals surface area contributed by atoms with E-state index in [1.165, 1.54) is 35.2 Å². The molecule has 5 nitrogen and oxygen atoms in total. The fraction of sp³-hybridized carbons (Fsp3) is 0.0909. The van der Waals surface area contributed by atoms with Crippen LogP contribution in [0.2, 0.25) is 5.02 Å². The molecule has 0 atom stereocenters. The Kier molecular flexibility index (Phi) is 4.76. The van der Waals surface area contributed by atoms with Crippen LogP contribution in [0.3, 0.4) is 0 Å². The van der Waals surface area contributed by atoms with Crippen LogP contribution < -0.4 is 0 Å². The Labute approximate surface area is 173 Å². The summed E-state index contributed by atoms with van der Waals surface area (Å²) in [5.41, 5.74) is 1.33. The van der Waals surface area contributed by atoms with Crippen LogP contribution in [0.5, 0.6) is 0 Å². The second-order valence-corrected chi connectivity index (χ2v) is 9.15. The Balaban J connectivity index is 1.69. The van der Waals surface area contributed by atoms with Crippen LogP contribution in [0.4, 0.5) is 0 Å². The van der Waals surface area contributed by atoms with Gasteiger partial charge in [-0.2, -0.15) is 0 Å². The molecule has 29 heavy (non-hydrogen) atoms. The summed E-state index contributed by atoms with van der Waals surface area (Å²) in [5, 5.41) is 0.604. The molecule has 0 fully saturated rings. The van der Waals surface area contributed by atoms with E-state index in [0.29, 0.717) is 11.6 Å². The predicted octanol–water partition coefficient (Wildman–Crippen LogP) is 3.99. The van der Waals surface area contributed by atoms with Gasteiger partial charge in [-0.15, -0.1) is 0 Å². The molecule has 0 bridgehead atoms. The van der Waals surface area contributed by atoms with E-state index in [0.717, 1.165) is 5.56 Å². The summed E-state index contributed by atoms with van der Waals surface area (Å²) in [6, 6.07) is 17.4. The van der Waals surface area contributed by atoms with E-state index in [1.807, 2.05) is 12.1 Å². The number of nitrogens with zero attached hydrogens (tertiary/aromatic N) is 1. The molecule has 0 aromatic heterocycles. The quantitative estimate of drug-likeness (QED) is 0.497. The van der Waals surface area contributed by atoms with E-state index < -0.39 is 9.84 Å². The van der Waals surface area contributed by atoms with Gasteiger partial charge in [0.05, 0.1) is 9.79 Å². The van der Waals surface area contributed by atoms with Gasteiger partial charge in [0.1, 0.15) is 0 Å². The van der Waals surface area contributed by atoms with Crippen LogP contribution >= 0.6 is 11.6 Å². The normalized spacial score (nSPS) is 14.1. The highest BCUT2D eigenvalue weighted by atomic mass is 35.5. The summed E-state index contributed by atoms with van der Waals surface area (Å²) >= 11 is 5.88. The van der Waals surface area contributed by atoms with E-state index in [-0.39, 0.29) is 38.2 Å². The first-order valence-electron chi connectivity index (χ1n) is 8.82. The van der Waals surface area contributed by atoms with Gasteiger partial charge in [0.25, 0.3) is 5.91 Å². The highest BCUT2D eigenvalue weighted by Gasteiger charge is 2.35. The lowest BCUT2D eigenvalue weighted by Gasteiger charge is -2.21. The number of carbonyl (C=O) groups excluding carboxylic acids is 2. The van der Waals surface area contributed by atoms with Crippen molar-refractivity contribution in [2.75, 3.05) is 7.05 Å². The fourth-order valence-electron chi connectivity index (χ4n) is 3.37. The minimum absolute atomic E-state index is 0.0309. The first-order chi connectivity index (χ1) is 13.8. The summed E-state index contributed by atoms with van der Waals surface area (Å²) in [6.07, 6.45) is 0. The van der Waals surface area contributed by atoms with Gasteiger partial charge in [-0.3, -0.25) is 9.59 Å². The Morgan fingerprint density at radius 1 is 0.931 bits per heavy atom. The number of halogens is 1. The molecular formula is C22H16ClNO4S. The average molecular weight is 426 g/mol. The van der Waals surface area contributed by atoms with Crippen LogP contribution in [0.25, 0.3) is 0 Å². The van der Waals surface area contributed by atoms with Gasteiger partial charge >= 0.3 is 0 Å². The van der Waals surface area contributed by atoms with Crippen molar-refractivity contribution in [2.24, 2.45) is 0 Å². The molecule has 1 heterocycles. The third kappa shape index (κ3) is 3.34. The summed E-state index contributed by atoms with van der Waals surface area (Å²) in [7, 11) is -2.26. The smallest absolute Gasteiger partial charge is 0.253 e. The molecule has 0 N–H and O–H groups in total. The Morgan fingerprint density at radius 2 is 1.59 bits per heavy atom. The van der Waals surface area contributed by atoms with E-state index in [1.54, 1.807) is 31.3 Å². The number of fused-ring (bicyclic) bond motifs is 2. The molecule has 1 aliphatic rings. The Morgan fingerprint density at radius 3 is 2.31 bits per heavy atom. The number of benzene rings is 3. The first-order valence-corrected chi connectivity index (χ1v) is 10.7. The van der Waals surface area contributed by atoms with Crippen LogP contribution in [0.15, 0.2) is 76.5 Å². The van der Waals surface area contributed by atoms with Gasteiger partial charge in [-0.05, 0) is 48.0 Å². The number of hydrogen-bond acceptors (Lipinski definition) is 4. The van der Waals surface area contributed by atoms with Crippen molar-refractivity contribution >= 4 is 33.1 Å². The summed E-state index contributed by atoms with van der Waals surface area (Å²) in [4.78, 5) is 26.9. The van der Waals surface area contributed by atoms with Crippen molar-refractivity contribution < 1.29 is 18.0 Å². The Hall–Kier alpha value is -2.96. The molecule has 0 saturated carbocycles. The van der Waals surface area contributed by atoms with Crippen LogP contribution in [-0.4, -0.2) is 32.1 Å². The van der Waals surface area contributed by atoms with Gasteiger partial charge in [0, 0.05) is 35.3 Å². The molecule has 1 aliphatic heterocycles. The summed E-state index contributed by atoms with van der Waals surface area (Å²) in [6.45, 7) is 0.335. The molecular weight excluding hydrogens is 410 g/mol. The molecule has 3 aromatic carbocycles. The number of carbonyl (C=O) groups is 2. The maximum atomic E-state index is 13.0. The molecule has 0 spiro atoms. The van der Waals surface area contributed by atoms with E-state index in [4.69, 9.17) is 11.6 Å². The second-order valence-electron chi connectivity index (χ2n) is 6.83. The van der Waals surface area contributed by atoms with Gasteiger partial charge in [-0.25, -0.2) is 8.42 Å². The number of hydrogen-bond donors (Lipinski definition) is 0. The zero-order valence-electron chi connectivity index (χ0n) is 15.4. The van der Waals surface area contributed by atoms with Crippen molar-refractivity contribution in [3.05, 3.63) is 94.0 Å². The lowest BCUT2D eigenvalue weighted by molar-refractivity contribution is 0.0784. The maximum absolute atomic E-state index is 13.0. The minimum atomic E-state index is -3.89. The summed E-state index contributed by atoms with van der Waals surface area (Å²) in [5.74, 6) is -0.705. The van der Waals surface area contributed by atoms with Crippen molar-refractivity contribution in [3.63, 3.8) is 0 Å². The molecule has 3 aromatic rings. The van der Waals surface area contributed by atoms with Crippen molar-refractivity contribution in [3.8, 4) is 0 Å². The molecule has 146 valence electrons. The fourth-order valence-corrected chi connectivity index (χ4v) is 5.18. The van der Waals surface area contributed by atoms with Crippen LogP contribution in [-0.2, 0) is 16.4 Å². The zero-order chi connectivity index (χ0) is 20.8. The van der Waals surface area contributed by atoms with Crippen molar-refractivity contribution in [1.29, 1.82) is 0 Å². The molecule has 1 amide bonds. The number of sulfone groups is 1. The van der Waals surface area contributed by atoms with Crippen LogP contribution in [0.1, 0.15) is 31.8 Å². The van der Waals surface area contributed by atoms with Gasteiger partial charge in [-0.1, -0.05) is 35.9 Å². The third-order valence-electron chi connectivity index (χ3n) is 4.86. The second kappa shape index (κ2) is 7.13. The molecule has 0 saturated heterocycles. The monoisotopic (exact) mass is 425 g/mol. The number of amides is 1. The number of rotatable bonds is 3. The van der Waals surface area contributed by atoms with E-state index in [9.17, 15) is 18.0 Å². The van der Waals surface area contributed by atoms with E-state index in [2.05, 4.69) is 0 Å². The van der Waals surface area contributed by atoms with Crippen molar-refractivity contribution in [1.82, 2.24) is 4.90 Å².